The molecule has 2 heterocycles. The van der Waals surface area contributed by atoms with Crippen molar-refractivity contribution >= 4 is 35.3 Å². The van der Waals surface area contributed by atoms with Gasteiger partial charge in [0.1, 0.15) is 5.84 Å². The Labute approximate surface area is 135 Å². The highest BCUT2D eigenvalue weighted by molar-refractivity contribution is 7.12. The SMILES string of the molecule is CCN1CCc2ccc(NC(=N)c3cccs3)cc2C1.Cl. The van der Waals surface area contributed by atoms with E-state index >= 15 is 0 Å². The fourth-order valence-electron chi connectivity index (χ4n) is 2.59. The summed E-state index contributed by atoms with van der Waals surface area (Å²) in [6.45, 7) is 5.48. The number of nitrogens with one attached hydrogen (secondary N) is 2. The summed E-state index contributed by atoms with van der Waals surface area (Å²) in [6.07, 6.45) is 1.13. The first kappa shape index (κ1) is 16.0. The van der Waals surface area contributed by atoms with Gasteiger partial charge in [0, 0.05) is 18.8 Å². The Hall–Kier alpha value is -1.36. The number of halogens is 1. The summed E-state index contributed by atoms with van der Waals surface area (Å²) in [4.78, 5) is 3.43. The van der Waals surface area contributed by atoms with Gasteiger partial charge in [-0.1, -0.05) is 19.1 Å². The highest BCUT2D eigenvalue weighted by Crippen LogP contribution is 2.23. The number of rotatable bonds is 3. The van der Waals surface area contributed by atoms with Crippen LogP contribution in [0.1, 0.15) is 22.9 Å². The molecule has 0 saturated carbocycles. The van der Waals surface area contributed by atoms with Gasteiger partial charge in [-0.2, -0.15) is 0 Å². The average molecular weight is 322 g/mol. The van der Waals surface area contributed by atoms with Gasteiger partial charge in [-0.15, -0.1) is 23.7 Å². The molecule has 0 spiro atoms. The highest BCUT2D eigenvalue weighted by Gasteiger charge is 2.15. The lowest BCUT2D eigenvalue weighted by Gasteiger charge is -2.28. The monoisotopic (exact) mass is 321 g/mol. The molecule has 2 N–H and O–H groups in total. The van der Waals surface area contributed by atoms with E-state index in [1.54, 1.807) is 11.3 Å². The first-order valence-corrected chi connectivity index (χ1v) is 7.88. The predicted molar refractivity (Wildman–Crippen MR) is 93.1 cm³/mol. The van der Waals surface area contributed by atoms with E-state index in [1.165, 1.54) is 11.1 Å². The van der Waals surface area contributed by atoms with E-state index in [0.29, 0.717) is 5.84 Å². The number of thiophene rings is 1. The summed E-state index contributed by atoms with van der Waals surface area (Å²) >= 11 is 1.59. The number of hydrogen-bond acceptors (Lipinski definition) is 3. The highest BCUT2D eigenvalue weighted by atomic mass is 35.5. The summed E-state index contributed by atoms with van der Waals surface area (Å²) in [5.41, 5.74) is 3.85. The van der Waals surface area contributed by atoms with Crippen molar-refractivity contribution in [1.29, 1.82) is 5.41 Å². The molecule has 5 heteroatoms. The molecule has 1 aromatic heterocycles. The van der Waals surface area contributed by atoms with Crippen molar-refractivity contribution in [3.8, 4) is 0 Å². The Balaban J connectivity index is 0.00000161. The standard InChI is InChI=1S/C16H19N3S.ClH/c1-2-19-8-7-12-5-6-14(10-13(12)11-19)18-16(17)15-4-3-9-20-15;/h3-6,9-10H,2,7-8,11H2,1H3,(H2,17,18);1H. The van der Waals surface area contributed by atoms with Gasteiger partial charge < -0.3 is 5.32 Å². The molecule has 1 aromatic carbocycles. The molecular weight excluding hydrogens is 302 g/mol. The smallest absolute Gasteiger partial charge is 0.140 e. The Morgan fingerprint density at radius 3 is 2.90 bits per heavy atom. The first-order chi connectivity index (χ1) is 9.76. The lowest BCUT2D eigenvalue weighted by molar-refractivity contribution is 0.268. The van der Waals surface area contributed by atoms with Crippen LogP contribution in [-0.4, -0.2) is 23.8 Å². The van der Waals surface area contributed by atoms with Crippen LogP contribution in [0.2, 0.25) is 0 Å². The van der Waals surface area contributed by atoms with Gasteiger partial charge >= 0.3 is 0 Å². The normalized spacial score (nSPS) is 14.1. The molecule has 21 heavy (non-hydrogen) atoms. The molecule has 3 nitrogen and oxygen atoms in total. The van der Waals surface area contributed by atoms with E-state index in [4.69, 9.17) is 5.41 Å². The fraction of sp³-hybridized carbons (Fsp3) is 0.312. The Kier molecular flexibility index (Phi) is 5.39. The van der Waals surface area contributed by atoms with Crippen molar-refractivity contribution in [2.24, 2.45) is 0 Å². The molecule has 0 radical (unpaired) electrons. The Morgan fingerprint density at radius 1 is 1.33 bits per heavy atom. The van der Waals surface area contributed by atoms with E-state index in [9.17, 15) is 0 Å². The number of nitrogens with zero attached hydrogens (tertiary/aromatic N) is 1. The molecule has 0 atom stereocenters. The van der Waals surface area contributed by atoms with E-state index in [-0.39, 0.29) is 12.4 Å². The number of fused-ring (bicyclic) bond motifs is 1. The molecule has 0 unspecified atom stereocenters. The van der Waals surface area contributed by atoms with Gasteiger partial charge in [0.25, 0.3) is 0 Å². The van der Waals surface area contributed by atoms with E-state index in [0.717, 1.165) is 36.6 Å². The second-order valence-electron chi connectivity index (χ2n) is 5.08. The van der Waals surface area contributed by atoms with Gasteiger partial charge in [0.05, 0.1) is 4.88 Å². The van der Waals surface area contributed by atoms with E-state index < -0.39 is 0 Å². The predicted octanol–water partition coefficient (Wildman–Crippen LogP) is 3.99. The van der Waals surface area contributed by atoms with Crippen molar-refractivity contribution in [3.05, 3.63) is 51.7 Å². The minimum absolute atomic E-state index is 0. The zero-order chi connectivity index (χ0) is 13.9. The molecule has 3 rings (SSSR count). The van der Waals surface area contributed by atoms with Crippen molar-refractivity contribution in [2.45, 2.75) is 19.9 Å². The zero-order valence-electron chi connectivity index (χ0n) is 12.1. The molecule has 0 bridgehead atoms. The van der Waals surface area contributed by atoms with Crippen molar-refractivity contribution in [1.82, 2.24) is 4.90 Å². The minimum atomic E-state index is 0. The lowest BCUT2D eigenvalue weighted by atomic mass is 9.99. The van der Waals surface area contributed by atoms with Crippen LogP contribution in [0.5, 0.6) is 0 Å². The number of anilines is 1. The second kappa shape index (κ2) is 7.07. The summed E-state index contributed by atoms with van der Waals surface area (Å²) in [6, 6.07) is 10.4. The first-order valence-electron chi connectivity index (χ1n) is 7.00. The number of hydrogen-bond donors (Lipinski definition) is 2. The van der Waals surface area contributed by atoms with Crippen LogP contribution < -0.4 is 5.32 Å². The lowest BCUT2D eigenvalue weighted by Crippen LogP contribution is -2.30. The molecule has 112 valence electrons. The summed E-state index contributed by atoms with van der Waals surface area (Å²) < 4.78 is 0. The summed E-state index contributed by atoms with van der Waals surface area (Å²) in [7, 11) is 0. The third-order valence-electron chi connectivity index (χ3n) is 3.78. The van der Waals surface area contributed by atoms with Crippen LogP contribution in [0, 0.1) is 5.41 Å². The topological polar surface area (TPSA) is 39.1 Å². The maximum absolute atomic E-state index is 8.09. The summed E-state index contributed by atoms with van der Waals surface area (Å²) in [5.74, 6) is 0.475. The van der Waals surface area contributed by atoms with Crippen molar-refractivity contribution in [3.63, 3.8) is 0 Å². The van der Waals surface area contributed by atoms with Gasteiger partial charge in [0.2, 0.25) is 0 Å². The van der Waals surface area contributed by atoms with Gasteiger partial charge in [-0.25, -0.2) is 0 Å². The van der Waals surface area contributed by atoms with Crippen LogP contribution >= 0.6 is 23.7 Å². The van der Waals surface area contributed by atoms with Gasteiger partial charge in [0.15, 0.2) is 0 Å². The molecule has 1 aliphatic rings. The van der Waals surface area contributed by atoms with E-state index in [2.05, 4.69) is 35.3 Å². The van der Waals surface area contributed by atoms with Gasteiger partial charge in [-0.3, -0.25) is 10.3 Å². The fourth-order valence-corrected chi connectivity index (χ4v) is 3.22. The van der Waals surface area contributed by atoms with E-state index in [1.807, 2.05) is 17.5 Å². The van der Waals surface area contributed by atoms with Crippen LogP contribution in [-0.2, 0) is 13.0 Å². The van der Waals surface area contributed by atoms with Crippen LogP contribution in [0.15, 0.2) is 35.7 Å². The maximum atomic E-state index is 8.09. The number of benzene rings is 1. The maximum Gasteiger partial charge on any atom is 0.140 e. The number of amidine groups is 1. The molecular formula is C16H20ClN3S. The molecule has 0 aliphatic carbocycles. The molecule has 1 aliphatic heterocycles. The quantitative estimate of drug-likeness (QED) is 0.663. The van der Waals surface area contributed by atoms with Crippen LogP contribution in [0.25, 0.3) is 0 Å². The van der Waals surface area contributed by atoms with Crippen molar-refractivity contribution in [2.75, 3.05) is 18.4 Å². The zero-order valence-corrected chi connectivity index (χ0v) is 13.7. The molecule has 0 saturated heterocycles. The third kappa shape index (κ3) is 3.64. The molecule has 2 aromatic rings. The molecule has 0 amide bonds. The summed E-state index contributed by atoms with van der Waals surface area (Å²) in [5, 5.41) is 13.3. The second-order valence-corrected chi connectivity index (χ2v) is 6.03. The largest absolute Gasteiger partial charge is 0.340 e. The van der Waals surface area contributed by atoms with Gasteiger partial charge in [-0.05, 0) is 47.7 Å². The van der Waals surface area contributed by atoms with Crippen molar-refractivity contribution < 1.29 is 0 Å². The average Bonchev–Trinajstić information content (AvgIpc) is 3.00. The minimum Gasteiger partial charge on any atom is -0.340 e. The Bertz CT molecular complexity index is 610. The Morgan fingerprint density at radius 2 is 2.19 bits per heavy atom. The molecule has 0 fully saturated rings. The van der Waals surface area contributed by atoms with Crippen LogP contribution in [0.3, 0.4) is 0 Å². The number of likely N-dealkylation sites (N-methyl/N-ethyl adjacent to an activating group) is 1. The van der Waals surface area contributed by atoms with Crippen LogP contribution in [0.4, 0.5) is 5.69 Å². The third-order valence-corrected chi connectivity index (χ3v) is 4.67.